The quantitative estimate of drug-likeness (QED) is 0.576. The van der Waals surface area contributed by atoms with E-state index in [-0.39, 0.29) is 0 Å². The van der Waals surface area contributed by atoms with Crippen LogP contribution >= 0.6 is 0 Å². The maximum atomic E-state index is 5.03. The van der Waals surface area contributed by atoms with Gasteiger partial charge in [-0.2, -0.15) is 0 Å². The molecule has 1 aliphatic rings. The number of likely N-dealkylation sites (N-methyl/N-ethyl adjacent to an activating group) is 1. The highest BCUT2D eigenvalue weighted by Gasteiger charge is 2.20. The molecule has 0 amide bonds. The van der Waals surface area contributed by atoms with E-state index in [1.54, 1.807) is 0 Å². The Labute approximate surface area is 171 Å². The normalized spacial score (nSPS) is 15.9. The summed E-state index contributed by atoms with van der Waals surface area (Å²) in [5.41, 5.74) is 8.12. The van der Waals surface area contributed by atoms with Gasteiger partial charge in [0.05, 0.1) is 11.4 Å². The van der Waals surface area contributed by atoms with Crippen LogP contribution in [-0.2, 0) is 6.54 Å². The maximum Gasteiger partial charge on any atom is 0.137 e. The molecular formula is C24H27N5. The van der Waals surface area contributed by atoms with Crippen molar-refractivity contribution in [3.05, 3.63) is 72.2 Å². The van der Waals surface area contributed by atoms with Crippen molar-refractivity contribution in [3.63, 3.8) is 0 Å². The highest BCUT2D eigenvalue weighted by atomic mass is 15.3. The summed E-state index contributed by atoms with van der Waals surface area (Å²) in [7, 11) is 2.20. The number of imidazole rings is 1. The minimum Gasteiger partial charge on any atom is -0.361 e. The lowest BCUT2D eigenvalue weighted by Crippen LogP contribution is -2.44. The van der Waals surface area contributed by atoms with E-state index in [9.17, 15) is 0 Å². The molecule has 0 bridgehead atoms. The molecule has 0 aliphatic carbocycles. The molecule has 29 heavy (non-hydrogen) atoms. The molecule has 3 aromatic heterocycles. The van der Waals surface area contributed by atoms with Gasteiger partial charge < -0.3 is 14.3 Å². The van der Waals surface area contributed by atoms with Gasteiger partial charge in [0.25, 0.3) is 0 Å². The van der Waals surface area contributed by atoms with Gasteiger partial charge in [-0.3, -0.25) is 4.90 Å². The van der Waals surface area contributed by atoms with Crippen LogP contribution in [0.1, 0.15) is 11.3 Å². The van der Waals surface area contributed by atoms with E-state index in [0.29, 0.717) is 0 Å². The van der Waals surface area contributed by atoms with Crippen molar-refractivity contribution in [1.29, 1.82) is 0 Å². The molecule has 4 aromatic rings. The van der Waals surface area contributed by atoms with E-state index in [2.05, 4.69) is 81.8 Å². The van der Waals surface area contributed by atoms with Gasteiger partial charge >= 0.3 is 0 Å². The zero-order chi connectivity index (χ0) is 19.8. The van der Waals surface area contributed by atoms with Crippen molar-refractivity contribution in [2.45, 2.75) is 13.5 Å². The Morgan fingerprint density at radius 1 is 0.931 bits per heavy atom. The lowest BCUT2D eigenvalue weighted by Gasteiger charge is -2.32. The molecule has 1 N–H and O–H groups in total. The van der Waals surface area contributed by atoms with Crippen LogP contribution < -0.4 is 0 Å². The van der Waals surface area contributed by atoms with E-state index < -0.39 is 0 Å². The molecule has 1 aromatic carbocycles. The Balaban J connectivity index is 1.61. The Kier molecular flexibility index (Phi) is 4.70. The number of hydrogen-bond acceptors (Lipinski definition) is 3. The van der Waals surface area contributed by atoms with E-state index in [1.807, 2.05) is 12.3 Å². The number of piperazine rings is 1. The van der Waals surface area contributed by atoms with Crippen LogP contribution in [0.5, 0.6) is 0 Å². The number of benzene rings is 1. The molecule has 1 saturated heterocycles. The van der Waals surface area contributed by atoms with Crippen LogP contribution in [0.3, 0.4) is 0 Å². The average Bonchev–Trinajstić information content (AvgIpc) is 3.39. The number of fused-ring (bicyclic) bond motifs is 1. The number of nitrogens with zero attached hydrogens (tertiary/aromatic N) is 4. The van der Waals surface area contributed by atoms with E-state index in [4.69, 9.17) is 4.98 Å². The standard InChI is InChI=1S/C24H27N5/c1-18-5-7-19(8-6-18)24-22(17-28-14-12-27(2)13-15-28)29-16-20(9-10-23(29)26-24)21-4-3-11-25-21/h3-11,16,25H,12-15,17H2,1-2H3. The predicted octanol–water partition coefficient (Wildman–Crippen LogP) is 4.05. The zero-order valence-electron chi connectivity index (χ0n) is 17.1. The van der Waals surface area contributed by atoms with Gasteiger partial charge in [0, 0.05) is 61.9 Å². The average molecular weight is 386 g/mol. The van der Waals surface area contributed by atoms with Gasteiger partial charge in [-0.25, -0.2) is 4.98 Å². The summed E-state index contributed by atoms with van der Waals surface area (Å²) in [5, 5.41) is 0. The molecule has 5 nitrogen and oxygen atoms in total. The number of nitrogens with one attached hydrogen (secondary N) is 1. The van der Waals surface area contributed by atoms with Crippen molar-refractivity contribution in [3.8, 4) is 22.5 Å². The summed E-state index contributed by atoms with van der Waals surface area (Å²) in [6, 6.07) is 17.1. The van der Waals surface area contributed by atoms with Crippen LogP contribution in [0.2, 0.25) is 0 Å². The Morgan fingerprint density at radius 2 is 1.69 bits per heavy atom. The third-order valence-corrected chi connectivity index (χ3v) is 5.92. The van der Waals surface area contributed by atoms with E-state index >= 15 is 0 Å². The van der Waals surface area contributed by atoms with Crippen LogP contribution in [-0.4, -0.2) is 57.4 Å². The maximum absolute atomic E-state index is 5.03. The summed E-state index contributed by atoms with van der Waals surface area (Å²) in [6.07, 6.45) is 4.19. The van der Waals surface area contributed by atoms with Crippen LogP contribution in [0.25, 0.3) is 28.2 Å². The SMILES string of the molecule is Cc1ccc(-c2nc3ccc(-c4ccc[nH]4)cn3c2CN2CCN(C)CC2)cc1. The lowest BCUT2D eigenvalue weighted by atomic mass is 10.1. The number of pyridine rings is 1. The topological polar surface area (TPSA) is 39.6 Å². The van der Waals surface area contributed by atoms with Gasteiger partial charge in [-0.05, 0) is 38.2 Å². The molecule has 5 rings (SSSR count). The monoisotopic (exact) mass is 385 g/mol. The molecule has 148 valence electrons. The molecule has 4 heterocycles. The number of H-pyrrole nitrogens is 1. The molecule has 0 atom stereocenters. The third kappa shape index (κ3) is 3.59. The minimum atomic E-state index is 0.909. The third-order valence-electron chi connectivity index (χ3n) is 5.92. The molecule has 1 aliphatic heterocycles. The molecule has 1 fully saturated rings. The van der Waals surface area contributed by atoms with Gasteiger partial charge in [0.1, 0.15) is 5.65 Å². The number of hydrogen-bond donors (Lipinski definition) is 1. The van der Waals surface area contributed by atoms with Crippen molar-refractivity contribution >= 4 is 5.65 Å². The fourth-order valence-electron chi connectivity index (χ4n) is 4.07. The van der Waals surface area contributed by atoms with Gasteiger partial charge in [-0.15, -0.1) is 0 Å². The van der Waals surface area contributed by atoms with E-state index in [1.165, 1.54) is 22.4 Å². The number of aromatic amines is 1. The number of aryl methyl sites for hydroxylation is 1. The first kappa shape index (κ1) is 18.2. The number of aromatic nitrogens is 3. The fraction of sp³-hybridized carbons (Fsp3) is 0.292. The van der Waals surface area contributed by atoms with Crippen molar-refractivity contribution in [2.24, 2.45) is 0 Å². The molecule has 0 saturated carbocycles. The Bertz CT molecular complexity index is 1100. The fourth-order valence-corrected chi connectivity index (χ4v) is 4.07. The summed E-state index contributed by atoms with van der Waals surface area (Å²) < 4.78 is 2.28. The Hall–Kier alpha value is -2.89. The van der Waals surface area contributed by atoms with E-state index in [0.717, 1.165) is 49.8 Å². The largest absolute Gasteiger partial charge is 0.361 e. The second-order valence-corrected chi connectivity index (χ2v) is 8.08. The van der Waals surface area contributed by atoms with Crippen molar-refractivity contribution in [1.82, 2.24) is 24.2 Å². The second kappa shape index (κ2) is 7.50. The van der Waals surface area contributed by atoms with Crippen molar-refractivity contribution in [2.75, 3.05) is 33.2 Å². The molecule has 0 radical (unpaired) electrons. The summed E-state index contributed by atoms with van der Waals surface area (Å²) in [5.74, 6) is 0. The van der Waals surface area contributed by atoms with Crippen LogP contribution in [0, 0.1) is 6.92 Å². The van der Waals surface area contributed by atoms with Gasteiger partial charge in [-0.1, -0.05) is 29.8 Å². The first-order valence-corrected chi connectivity index (χ1v) is 10.3. The van der Waals surface area contributed by atoms with Gasteiger partial charge in [0.2, 0.25) is 0 Å². The highest BCUT2D eigenvalue weighted by Crippen LogP contribution is 2.28. The van der Waals surface area contributed by atoms with Crippen LogP contribution in [0.15, 0.2) is 60.9 Å². The summed E-state index contributed by atoms with van der Waals surface area (Å²) in [4.78, 5) is 13.3. The van der Waals surface area contributed by atoms with Crippen LogP contribution in [0.4, 0.5) is 0 Å². The molecule has 5 heteroatoms. The van der Waals surface area contributed by atoms with Gasteiger partial charge in [0.15, 0.2) is 0 Å². The number of rotatable bonds is 4. The minimum absolute atomic E-state index is 0.909. The smallest absolute Gasteiger partial charge is 0.137 e. The predicted molar refractivity (Wildman–Crippen MR) is 118 cm³/mol. The first-order valence-electron chi connectivity index (χ1n) is 10.3. The molecule has 0 unspecified atom stereocenters. The van der Waals surface area contributed by atoms with Crippen molar-refractivity contribution < 1.29 is 0 Å². The highest BCUT2D eigenvalue weighted by molar-refractivity contribution is 5.69. The summed E-state index contributed by atoms with van der Waals surface area (Å²) >= 11 is 0. The summed E-state index contributed by atoms with van der Waals surface area (Å²) in [6.45, 7) is 7.45. The first-order chi connectivity index (χ1) is 14.2. The molecular weight excluding hydrogens is 358 g/mol. The molecule has 0 spiro atoms. The Morgan fingerprint density at radius 3 is 2.41 bits per heavy atom. The second-order valence-electron chi connectivity index (χ2n) is 8.08. The zero-order valence-corrected chi connectivity index (χ0v) is 17.1. The lowest BCUT2D eigenvalue weighted by molar-refractivity contribution is 0.147.